The molecule has 0 N–H and O–H groups in total. The lowest BCUT2D eigenvalue weighted by Gasteiger charge is -2.20. The van der Waals surface area contributed by atoms with Crippen LogP contribution in [-0.4, -0.2) is 11.7 Å². The molecule has 1 aromatic heterocycles. The fraction of sp³-hybridized carbons (Fsp3) is 0.259. The highest BCUT2D eigenvalue weighted by Gasteiger charge is 2.18. The van der Waals surface area contributed by atoms with Gasteiger partial charge in [-0.25, -0.2) is 0 Å². The average molecular weight is 384 g/mol. The average Bonchev–Trinajstić information content (AvgIpc) is 3.12. The molecule has 2 heteroatoms. The van der Waals surface area contributed by atoms with Gasteiger partial charge in [-0.3, -0.25) is 0 Å². The highest BCUT2D eigenvalue weighted by Crippen LogP contribution is 2.34. The van der Waals surface area contributed by atoms with E-state index in [-0.39, 0.29) is 5.41 Å². The van der Waals surface area contributed by atoms with Crippen LogP contribution in [0.1, 0.15) is 50.3 Å². The molecule has 1 unspecified atom stereocenters. The lowest BCUT2D eigenvalue weighted by molar-refractivity contribution is 0.415. The minimum atomic E-state index is 0.173. The van der Waals surface area contributed by atoms with Crippen molar-refractivity contribution in [2.24, 2.45) is 0 Å². The highest BCUT2D eigenvalue weighted by molar-refractivity contribution is 5.86. The van der Waals surface area contributed by atoms with Gasteiger partial charge in [-0.15, -0.1) is 0 Å². The van der Waals surface area contributed by atoms with E-state index in [9.17, 15) is 0 Å². The smallest absolute Gasteiger partial charge is 0.119 e. The summed E-state index contributed by atoms with van der Waals surface area (Å²) in [6.45, 7) is 9.07. The van der Waals surface area contributed by atoms with E-state index in [1.807, 2.05) is 12.1 Å². The molecule has 3 aromatic carbocycles. The zero-order chi connectivity index (χ0) is 20.6. The number of rotatable bonds is 4. The highest BCUT2D eigenvalue weighted by atomic mass is 16.5. The van der Waals surface area contributed by atoms with E-state index in [1.54, 1.807) is 7.11 Å². The molecule has 1 atom stereocenters. The summed E-state index contributed by atoms with van der Waals surface area (Å²) in [6, 6.07) is 26.0. The summed E-state index contributed by atoms with van der Waals surface area (Å²) in [5, 5.41) is 1.30. The number of benzene rings is 3. The largest absolute Gasteiger partial charge is 0.497 e. The van der Waals surface area contributed by atoms with Crippen LogP contribution in [0.5, 0.6) is 5.75 Å². The van der Waals surface area contributed by atoms with Gasteiger partial charge in [0.15, 0.2) is 0 Å². The van der Waals surface area contributed by atoms with Crippen LogP contribution >= 0.6 is 0 Å². The quantitative estimate of drug-likeness (QED) is 0.367. The van der Waals surface area contributed by atoms with Crippen molar-refractivity contribution in [3.05, 3.63) is 95.7 Å². The molecular weight excluding hydrogens is 354 g/mol. The molecule has 29 heavy (non-hydrogen) atoms. The maximum Gasteiger partial charge on any atom is 0.119 e. The Balaban J connectivity index is 1.77. The van der Waals surface area contributed by atoms with E-state index in [0.717, 1.165) is 11.4 Å². The molecule has 0 radical (unpaired) electrons. The lowest BCUT2D eigenvalue weighted by atomic mass is 9.85. The summed E-state index contributed by atoms with van der Waals surface area (Å²) >= 11 is 0. The van der Waals surface area contributed by atoms with E-state index in [4.69, 9.17) is 4.74 Å². The Morgan fingerprint density at radius 2 is 1.48 bits per heavy atom. The summed E-state index contributed by atoms with van der Waals surface area (Å²) in [4.78, 5) is 0. The molecule has 0 amide bonds. The molecule has 4 aromatic rings. The zero-order valence-electron chi connectivity index (χ0n) is 17.9. The molecule has 0 aliphatic rings. The van der Waals surface area contributed by atoms with Crippen molar-refractivity contribution in [3.8, 4) is 11.4 Å². The Kier molecular flexibility index (Phi) is 4.96. The van der Waals surface area contributed by atoms with Gasteiger partial charge in [0.1, 0.15) is 5.75 Å². The van der Waals surface area contributed by atoms with Crippen LogP contribution in [0.25, 0.3) is 16.6 Å². The van der Waals surface area contributed by atoms with Crippen LogP contribution in [0, 0.1) is 0 Å². The molecule has 0 saturated heterocycles. The van der Waals surface area contributed by atoms with E-state index >= 15 is 0 Å². The van der Waals surface area contributed by atoms with E-state index < -0.39 is 0 Å². The first-order chi connectivity index (χ1) is 13.9. The molecule has 0 aliphatic carbocycles. The predicted molar refractivity (Wildman–Crippen MR) is 122 cm³/mol. The van der Waals surface area contributed by atoms with Crippen LogP contribution in [0.3, 0.4) is 0 Å². The molecule has 148 valence electrons. The molecule has 1 heterocycles. The van der Waals surface area contributed by atoms with Crippen molar-refractivity contribution >= 4 is 10.9 Å². The molecule has 0 spiro atoms. The van der Waals surface area contributed by atoms with Crippen molar-refractivity contribution < 1.29 is 4.74 Å². The minimum Gasteiger partial charge on any atom is -0.497 e. The van der Waals surface area contributed by atoms with Gasteiger partial charge in [-0.1, -0.05) is 70.2 Å². The molecule has 0 bridgehead atoms. The van der Waals surface area contributed by atoms with Gasteiger partial charge in [0.25, 0.3) is 0 Å². The second-order valence-corrected chi connectivity index (χ2v) is 8.76. The van der Waals surface area contributed by atoms with E-state index in [2.05, 4.69) is 99.1 Å². The van der Waals surface area contributed by atoms with Gasteiger partial charge in [-0.2, -0.15) is 0 Å². The predicted octanol–water partition coefficient (Wildman–Crippen LogP) is 7.09. The van der Waals surface area contributed by atoms with Crippen LogP contribution in [0.4, 0.5) is 0 Å². The van der Waals surface area contributed by atoms with E-state index in [0.29, 0.717) is 5.92 Å². The number of nitrogens with zero attached hydrogens (tertiary/aromatic N) is 1. The Morgan fingerprint density at radius 1 is 0.828 bits per heavy atom. The molecule has 0 saturated carbocycles. The first kappa shape index (κ1) is 19.3. The number of hydrogen-bond acceptors (Lipinski definition) is 1. The van der Waals surface area contributed by atoms with Gasteiger partial charge in [-0.05, 0) is 52.4 Å². The number of hydrogen-bond donors (Lipinski definition) is 0. The molecule has 2 nitrogen and oxygen atoms in total. The third kappa shape index (κ3) is 3.67. The maximum absolute atomic E-state index is 5.32. The fourth-order valence-electron chi connectivity index (χ4n) is 3.96. The van der Waals surface area contributed by atoms with Crippen molar-refractivity contribution in [1.29, 1.82) is 0 Å². The zero-order valence-corrected chi connectivity index (χ0v) is 17.9. The lowest BCUT2D eigenvalue weighted by Crippen LogP contribution is -2.11. The standard InChI is InChI=1S/C27H29NO/c1-19(20-10-12-21(13-11-20)27(2,3)4)25-18-28(26-9-7-6-8-24(25)26)22-14-16-23(29-5)17-15-22/h6-19H,1-5H3. The first-order valence-corrected chi connectivity index (χ1v) is 10.2. The van der Waals surface area contributed by atoms with E-state index in [1.165, 1.54) is 27.6 Å². The second-order valence-electron chi connectivity index (χ2n) is 8.76. The van der Waals surface area contributed by atoms with Crippen molar-refractivity contribution in [1.82, 2.24) is 4.57 Å². The van der Waals surface area contributed by atoms with Crippen LogP contribution in [0.2, 0.25) is 0 Å². The summed E-state index contributed by atoms with van der Waals surface area (Å²) in [5.74, 6) is 1.19. The van der Waals surface area contributed by atoms with Crippen molar-refractivity contribution in [3.63, 3.8) is 0 Å². The first-order valence-electron chi connectivity index (χ1n) is 10.2. The SMILES string of the molecule is COc1ccc(-n2cc(C(C)c3ccc(C(C)(C)C)cc3)c3ccccc32)cc1. The Labute approximate surface area is 173 Å². The molecule has 4 rings (SSSR count). The van der Waals surface area contributed by atoms with Crippen LogP contribution in [0.15, 0.2) is 79.0 Å². The maximum atomic E-state index is 5.32. The Bertz CT molecular complexity index is 1110. The normalized spacial score (nSPS) is 12.9. The molecule has 0 aliphatic heterocycles. The number of para-hydroxylation sites is 1. The molecular formula is C27H29NO. The summed E-state index contributed by atoms with van der Waals surface area (Å²) in [6.07, 6.45) is 2.29. The van der Waals surface area contributed by atoms with Gasteiger partial charge in [0.05, 0.1) is 12.6 Å². The second kappa shape index (κ2) is 7.44. The van der Waals surface area contributed by atoms with Gasteiger partial charge in [0, 0.05) is 23.2 Å². The monoisotopic (exact) mass is 383 g/mol. The summed E-state index contributed by atoms with van der Waals surface area (Å²) < 4.78 is 7.60. The van der Waals surface area contributed by atoms with Gasteiger partial charge < -0.3 is 9.30 Å². The number of methoxy groups -OCH3 is 1. The Hall–Kier alpha value is -3.00. The third-order valence-corrected chi connectivity index (χ3v) is 5.84. The van der Waals surface area contributed by atoms with Crippen LogP contribution in [-0.2, 0) is 5.41 Å². The Morgan fingerprint density at radius 3 is 2.10 bits per heavy atom. The minimum absolute atomic E-state index is 0.173. The topological polar surface area (TPSA) is 14.2 Å². The summed E-state index contributed by atoms with van der Waals surface area (Å²) in [7, 11) is 1.70. The third-order valence-electron chi connectivity index (χ3n) is 5.84. The summed E-state index contributed by atoms with van der Waals surface area (Å²) in [5.41, 5.74) is 6.60. The van der Waals surface area contributed by atoms with Crippen molar-refractivity contribution in [2.75, 3.05) is 7.11 Å². The van der Waals surface area contributed by atoms with Crippen molar-refractivity contribution in [2.45, 2.75) is 39.0 Å². The number of ether oxygens (including phenoxy) is 1. The van der Waals surface area contributed by atoms with Crippen LogP contribution < -0.4 is 4.74 Å². The fourth-order valence-corrected chi connectivity index (χ4v) is 3.96. The number of fused-ring (bicyclic) bond motifs is 1. The van der Waals surface area contributed by atoms with Gasteiger partial charge in [0.2, 0.25) is 0 Å². The van der Waals surface area contributed by atoms with Gasteiger partial charge >= 0.3 is 0 Å². The number of aromatic nitrogens is 1. The molecule has 0 fully saturated rings.